The van der Waals surface area contributed by atoms with Crippen molar-refractivity contribution in [1.29, 1.82) is 0 Å². The summed E-state index contributed by atoms with van der Waals surface area (Å²) in [5, 5.41) is 11.0. The van der Waals surface area contributed by atoms with Crippen molar-refractivity contribution in [2.45, 2.75) is 12.5 Å². The molecule has 2 heterocycles. The van der Waals surface area contributed by atoms with Crippen molar-refractivity contribution in [2.75, 3.05) is 27.4 Å². The standard InChI is InChI=1S/C21H21FN2O5/c1-28-10-4-9-24-18(13-5-3-8-23-12-13)17(20(26)21(24)27)19(25)15-11-14(22)6-7-16(15)29-2/h3,5-8,11-12,18,25H,4,9-10H2,1-2H3/b19-17+. The average molecular weight is 400 g/mol. The van der Waals surface area contributed by atoms with Gasteiger partial charge >= 0.3 is 0 Å². The van der Waals surface area contributed by atoms with Gasteiger partial charge in [0.15, 0.2) is 0 Å². The van der Waals surface area contributed by atoms with Gasteiger partial charge in [-0.15, -0.1) is 0 Å². The number of amides is 1. The minimum Gasteiger partial charge on any atom is -0.507 e. The van der Waals surface area contributed by atoms with Gasteiger partial charge in [-0.25, -0.2) is 4.39 Å². The maximum absolute atomic E-state index is 13.8. The van der Waals surface area contributed by atoms with E-state index in [0.29, 0.717) is 18.6 Å². The van der Waals surface area contributed by atoms with Crippen molar-refractivity contribution in [3.8, 4) is 5.75 Å². The first-order valence-corrected chi connectivity index (χ1v) is 9.00. The number of likely N-dealkylation sites (tertiary alicyclic amines) is 1. The SMILES string of the molecule is COCCCN1C(=O)C(=O)/C(=C(/O)c2cc(F)ccc2OC)C1c1cccnc1. The van der Waals surface area contributed by atoms with Gasteiger partial charge in [-0.05, 0) is 36.2 Å². The molecule has 1 aliphatic rings. The van der Waals surface area contributed by atoms with Gasteiger partial charge in [0.05, 0.1) is 24.3 Å². The van der Waals surface area contributed by atoms with Crippen LogP contribution in [0.3, 0.4) is 0 Å². The maximum atomic E-state index is 13.8. The number of carbonyl (C=O) groups excluding carboxylic acids is 2. The van der Waals surface area contributed by atoms with E-state index in [0.717, 1.165) is 6.07 Å². The van der Waals surface area contributed by atoms with Gasteiger partial charge in [0.2, 0.25) is 0 Å². The Balaban J connectivity index is 2.16. The normalized spacial score (nSPS) is 18.3. The van der Waals surface area contributed by atoms with Crippen molar-refractivity contribution in [2.24, 2.45) is 0 Å². The van der Waals surface area contributed by atoms with E-state index in [9.17, 15) is 19.1 Å². The molecule has 0 radical (unpaired) electrons. The van der Waals surface area contributed by atoms with E-state index < -0.39 is 29.3 Å². The van der Waals surface area contributed by atoms with Gasteiger partial charge in [-0.3, -0.25) is 14.6 Å². The number of ether oxygens (including phenoxy) is 2. The number of aromatic nitrogens is 1. The Morgan fingerprint density at radius 1 is 1.28 bits per heavy atom. The number of pyridine rings is 1. The smallest absolute Gasteiger partial charge is 0.295 e. The predicted octanol–water partition coefficient (Wildman–Crippen LogP) is 2.69. The fraction of sp³-hybridized carbons (Fsp3) is 0.286. The minimum absolute atomic E-state index is 0.00344. The number of aliphatic hydroxyl groups is 1. The summed E-state index contributed by atoms with van der Waals surface area (Å²) in [5.74, 6) is -2.52. The van der Waals surface area contributed by atoms with Crippen molar-refractivity contribution in [3.05, 3.63) is 65.2 Å². The molecule has 0 bridgehead atoms. The lowest BCUT2D eigenvalue weighted by Gasteiger charge is -2.25. The van der Waals surface area contributed by atoms with Crippen LogP contribution in [0.25, 0.3) is 5.76 Å². The summed E-state index contributed by atoms with van der Waals surface area (Å²) < 4.78 is 24.1. The van der Waals surface area contributed by atoms with E-state index in [4.69, 9.17) is 9.47 Å². The number of ketones is 1. The van der Waals surface area contributed by atoms with Crippen molar-refractivity contribution in [3.63, 3.8) is 0 Å². The molecule has 29 heavy (non-hydrogen) atoms. The summed E-state index contributed by atoms with van der Waals surface area (Å²) in [6, 6.07) is 6.12. The van der Waals surface area contributed by atoms with Gasteiger partial charge in [0.1, 0.15) is 17.3 Å². The Morgan fingerprint density at radius 3 is 2.72 bits per heavy atom. The quantitative estimate of drug-likeness (QED) is 0.333. The summed E-state index contributed by atoms with van der Waals surface area (Å²) in [7, 11) is 2.91. The zero-order valence-electron chi connectivity index (χ0n) is 16.1. The molecule has 152 valence electrons. The van der Waals surface area contributed by atoms with Crippen molar-refractivity contribution in [1.82, 2.24) is 9.88 Å². The second-order valence-corrected chi connectivity index (χ2v) is 6.47. The number of Topliss-reactive ketones (excluding diaryl/α,β-unsaturated/α-hetero) is 1. The summed E-state index contributed by atoms with van der Waals surface area (Å²) in [6.45, 7) is 0.648. The lowest BCUT2D eigenvalue weighted by molar-refractivity contribution is -0.140. The van der Waals surface area contributed by atoms with Gasteiger partial charge in [-0.2, -0.15) is 0 Å². The Bertz CT molecular complexity index is 945. The number of carbonyl (C=O) groups is 2. The van der Waals surface area contributed by atoms with E-state index in [2.05, 4.69) is 4.98 Å². The summed E-state index contributed by atoms with van der Waals surface area (Å²) in [5.41, 5.74) is 0.418. The molecule has 0 saturated carbocycles. The van der Waals surface area contributed by atoms with Crippen LogP contribution in [0.2, 0.25) is 0 Å². The van der Waals surface area contributed by atoms with Crippen LogP contribution in [-0.2, 0) is 14.3 Å². The Hall–Kier alpha value is -3.26. The zero-order valence-corrected chi connectivity index (χ0v) is 16.1. The Morgan fingerprint density at radius 2 is 2.07 bits per heavy atom. The Kier molecular flexibility index (Phi) is 6.23. The van der Waals surface area contributed by atoms with E-state index >= 15 is 0 Å². The number of halogens is 1. The fourth-order valence-corrected chi connectivity index (χ4v) is 3.38. The highest BCUT2D eigenvalue weighted by molar-refractivity contribution is 6.46. The highest BCUT2D eigenvalue weighted by Gasteiger charge is 2.46. The molecule has 7 nitrogen and oxygen atoms in total. The third-order valence-electron chi connectivity index (χ3n) is 4.70. The summed E-state index contributed by atoms with van der Waals surface area (Å²) >= 11 is 0. The number of rotatable bonds is 7. The first-order chi connectivity index (χ1) is 14.0. The average Bonchev–Trinajstić information content (AvgIpc) is 2.99. The van der Waals surface area contributed by atoms with Crippen LogP contribution < -0.4 is 4.74 Å². The van der Waals surface area contributed by atoms with Crippen LogP contribution in [0, 0.1) is 5.82 Å². The second kappa shape index (κ2) is 8.83. The molecule has 3 rings (SSSR count). The molecule has 1 amide bonds. The monoisotopic (exact) mass is 400 g/mol. The fourth-order valence-electron chi connectivity index (χ4n) is 3.38. The first kappa shape index (κ1) is 20.5. The molecule has 1 aliphatic heterocycles. The molecule has 2 aromatic rings. The predicted molar refractivity (Wildman–Crippen MR) is 103 cm³/mol. The highest BCUT2D eigenvalue weighted by atomic mass is 19.1. The van der Waals surface area contributed by atoms with Gasteiger partial charge < -0.3 is 19.5 Å². The molecular formula is C21H21FN2O5. The molecule has 0 spiro atoms. The number of hydrogen-bond acceptors (Lipinski definition) is 6. The third-order valence-corrected chi connectivity index (χ3v) is 4.70. The van der Waals surface area contributed by atoms with Crippen LogP contribution >= 0.6 is 0 Å². The van der Waals surface area contributed by atoms with Crippen LogP contribution in [-0.4, -0.2) is 54.1 Å². The van der Waals surface area contributed by atoms with Crippen LogP contribution in [0.5, 0.6) is 5.75 Å². The minimum atomic E-state index is -0.853. The van der Waals surface area contributed by atoms with Crippen LogP contribution in [0.4, 0.5) is 4.39 Å². The van der Waals surface area contributed by atoms with Crippen LogP contribution in [0.1, 0.15) is 23.6 Å². The summed E-state index contributed by atoms with van der Waals surface area (Å²) in [4.78, 5) is 31.0. The van der Waals surface area contributed by atoms with Crippen molar-refractivity contribution < 1.29 is 28.6 Å². The number of nitrogens with zero attached hydrogens (tertiary/aromatic N) is 2. The molecule has 0 aliphatic carbocycles. The zero-order chi connectivity index (χ0) is 21.0. The van der Waals surface area contributed by atoms with E-state index in [1.807, 2.05) is 0 Å². The van der Waals surface area contributed by atoms with Crippen LogP contribution in [0.15, 0.2) is 48.3 Å². The van der Waals surface area contributed by atoms with Crippen molar-refractivity contribution >= 4 is 17.4 Å². The van der Waals surface area contributed by atoms with E-state index in [-0.39, 0.29) is 23.4 Å². The van der Waals surface area contributed by atoms with E-state index in [1.165, 1.54) is 30.3 Å². The molecule has 1 N–H and O–H groups in total. The molecule has 1 atom stereocenters. The van der Waals surface area contributed by atoms with E-state index in [1.54, 1.807) is 25.4 Å². The molecule has 1 aromatic carbocycles. The Labute approximate surface area is 167 Å². The number of methoxy groups -OCH3 is 2. The lowest BCUT2D eigenvalue weighted by atomic mass is 9.96. The lowest BCUT2D eigenvalue weighted by Crippen LogP contribution is -2.31. The topological polar surface area (TPSA) is 89.0 Å². The first-order valence-electron chi connectivity index (χ1n) is 9.00. The van der Waals surface area contributed by atoms with Gasteiger partial charge in [-0.1, -0.05) is 6.07 Å². The number of hydrogen-bond donors (Lipinski definition) is 1. The van der Waals surface area contributed by atoms with Gasteiger partial charge in [0, 0.05) is 32.7 Å². The molecular weight excluding hydrogens is 379 g/mol. The molecule has 1 fully saturated rings. The number of benzene rings is 1. The summed E-state index contributed by atoms with van der Waals surface area (Å²) in [6.07, 6.45) is 3.59. The van der Waals surface area contributed by atoms with Gasteiger partial charge in [0.25, 0.3) is 11.7 Å². The second-order valence-electron chi connectivity index (χ2n) is 6.47. The largest absolute Gasteiger partial charge is 0.507 e. The third kappa shape index (κ3) is 3.97. The molecule has 1 aromatic heterocycles. The highest BCUT2D eigenvalue weighted by Crippen LogP contribution is 2.40. The molecule has 1 unspecified atom stereocenters. The maximum Gasteiger partial charge on any atom is 0.295 e. The molecule has 1 saturated heterocycles. The molecule has 8 heteroatoms. The number of aliphatic hydroxyl groups excluding tert-OH is 1.